The van der Waals surface area contributed by atoms with Gasteiger partial charge in [-0.05, 0) is 63.2 Å². The minimum absolute atomic E-state index is 0.121. The Balaban J connectivity index is 1.20. The molecule has 5 heterocycles. The smallest absolute Gasteiger partial charge is 0.284 e. The van der Waals surface area contributed by atoms with Crippen molar-refractivity contribution in [3.05, 3.63) is 72.7 Å². The summed E-state index contributed by atoms with van der Waals surface area (Å²) >= 11 is 0. The maximum absolute atomic E-state index is 15.0. The molecule has 0 radical (unpaired) electrons. The molecule has 2 fully saturated rings. The molecule has 0 spiro atoms. The van der Waals surface area contributed by atoms with Crippen LogP contribution in [0.25, 0.3) is 16.6 Å². The number of nitrogens with zero attached hydrogens (tertiary/aromatic N) is 6. The molecule has 47 heavy (non-hydrogen) atoms. The van der Waals surface area contributed by atoms with Crippen LogP contribution in [0, 0.1) is 6.92 Å². The number of ether oxygens (including phenoxy) is 4. The molecule has 2 aliphatic rings. The minimum Gasteiger partial charge on any atom is -0.494 e. The molecule has 5 aromatic rings. The Bertz CT molecular complexity index is 2000. The van der Waals surface area contributed by atoms with E-state index in [9.17, 15) is 9.18 Å². The molecule has 2 N–H and O–H groups in total. The molecule has 3 aromatic heterocycles. The van der Waals surface area contributed by atoms with Crippen molar-refractivity contribution in [2.75, 3.05) is 44.5 Å². The number of amides is 1. The van der Waals surface area contributed by atoms with E-state index in [0.29, 0.717) is 64.3 Å². The lowest BCUT2D eigenvalue weighted by molar-refractivity contribution is -0.114. The van der Waals surface area contributed by atoms with E-state index in [-0.39, 0.29) is 17.8 Å². The number of hydrogen-bond donors (Lipinski definition) is 2. The molecular formula is C33H33FN8O5. The van der Waals surface area contributed by atoms with E-state index in [2.05, 4.69) is 30.7 Å². The first kappa shape index (κ1) is 30.3. The van der Waals surface area contributed by atoms with Gasteiger partial charge in [0.15, 0.2) is 11.5 Å². The lowest BCUT2D eigenvalue weighted by Crippen LogP contribution is -2.38. The van der Waals surface area contributed by atoms with Gasteiger partial charge in [0.25, 0.3) is 5.91 Å². The van der Waals surface area contributed by atoms with Gasteiger partial charge < -0.3 is 29.6 Å². The Hall–Kier alpha value is -5.34. The van der Waals surface area contributed by atoms with Crippen molar-refractivity contribution in [2.24, 2.45) is 0 Å². The molecule has 2 saturated heterocycles. The average Bonchev–Trinajstić information content (AvgIpc) is 3.68. The summed E-state index contributed by atoms with van der Waals surface area (Å²) < 4.78 is 40.0. The maximum atomic E-state index is 15.0. The number of likely N-dealkylation sites (N-methyl/N-ethyl adjacent to an activating group) is 1. The van der Waals surface area contributed by atoms with Crippen LogP contribution in [0.1, 0.15) is 18.4 Å². The number of pyridine rings is 1. The number of carbonyl (C=O) groups is 1. The van der Waals surface area contributed by atoms with Crippen molar-refractivity contribution in [2.45, 2.75) is 31.9 Å². The van der Waals surface area contributed by atoms with Gasteiger partial charge in [-0.1, -0.05) is 0 Å². The number of aryl methyl sites for hydroxylation is 1. The third-order valence-electron chi connectivity index (χ3n) is 8.25. The van der Waals surface area contributed by atoms with E-state index in [1.165, 1.54) is 25.8 Å². The Morgan fingerprint density at radius 1 is 1.06 bits per heavy atom. The Morgan fingerprint density at radius 2 is 1.94 bits per heavy atom. The van der Waals surface area contributed by atoms with Gasteiger partial charge in [-0.3, -0.25) is 9.69 Å². The molecule has 14 heteroatoms. The quantitative estimate of drug-likeness (QED) is 0.195. The number of nitrogens with one attached hydrogen (secondary N) is 2. The van der Waals surface area contributed by atoms with Gasteiger partial charge in [-0.25, -0.2) is 23.9 Å². The number of rotatable bonds is 10. The molecule has 1 unspecified atom stereocenters. The number of likely N-dealkylation sites (tertiary alicyclic amines) is 1. The van der Waals surface area contributed by atoms with Crippen molar-refractivity contribution in [1.29, 1.82) is 0 Å². The molecule has 7 rings (SSSR count). The van der Waals surface area contributed by atoms with Crippen LogP contribution in [0.2, 0.25) is 0 Å². The molecule has 1 atom stereocenters. The normalized spacial score (nSPS) is 17.1. The topological polar surface area (TPSA) is 137 Å². The molecule has 242 valence electrons. The molecule has 2 aliphatic heterocycles. The maximum Gasteiger partial charge on any atom is 0.284 e. The fraction of sp³-hybridized carbons (Fsp3) is 0.303. The highest BCUT2D eigenvalue weighted by Gasteiger charge is 2.24. The summed E-state index contributed by atoms with van der Waals surface area (Å²) in [5, 5.41) is 10.7. The van der Waals surface area contributed by atoms with Crippen molar-refractivity contribution in [3.8, 4) is 23.0 Å². The summed E-state index contributed by atoms with van der Waals surface area (Å²) in [6, 6.07) is 10.5. The number of benzene rings is 2. The standard InChI is InChI=1S/C33H33FN8O5/c1-19-9-26(30(47-22-15-45-16-22)14-28(19)46-21-6-8-42-31(11-21)36-18-38-42)39-32-23-12-27(29(44-3)13-25(23)35-17-37-32)40-33(43)24(34)10-20-5-4-7-41(20)2/h6,8-14,17-18,20,22H,4-5,7,15-16H2,1-3H3,(H,40,43)(H,35,37,39)/b24-10+. The minimum atomic E-state index is -0.859. The van der Waals surface area contributed by atoms with Gasteiger partial charge in [0.2, 0.25) is 0 Å². The molecular weight excluding hydrogens is 607 g/mol. The molecule has 1 amide bonds. The monoisotopic (exact) mass is 640 g/mol. The lowest BCUT2D eigenvalue weighted by atomic mass is 10.1. The zero-order valence-electron chi connectivity index (χ0n) is 26.1. The second-order valence-electron chi connectivity index (χ2n) is 11.5. The van der Waals surface area contributed by atoms with Crippen LogP contribution >= 0.6 is 0 Å². The van der Waals surface area contributed by atoms with Crippen molar-refractivity contribution in [1.82, 2.24) is 29.5 Å². The number of hydrogen-bond acceptors (Lipinski definition) is 11. The summed E-state index contributed by atoms with van der Waals surface area (Å²) in [7, 11) is 3.39. The highest BCUT2D eigenvalue weighted by atomic mass is 19.1. The van der Waals surface area contributed by atoms with Crippen LogP contribution in [-0.4, -0.2) is 81.4 Å². The molecule has 13 nitrogen and oxygen atoms in total. The SMILES string of the molecule is COc1cc2ncnc(Nc3cc(C)c(Oc4ccn5ncnc5c4)cc3OC3COC3)c2cc1NC(=O)/C(F)=C\C1CCCN1C. The van der Waals surface area contributed by atoms with Crippen molar-refractivity contribution in [3.63, 3.8) is 0 Å². The number of anilines is 3. The number of carbonyl (C=O) groups excluding carboxylic acids is 1. The fourth-order valence-electron chi connectivity index (χ4n) is 5.57. The predicted molar refractivity (Wildman–Crippen MR) is 172 cm³/mol. The predicted octanol–water partition coefficient (Wildman–Crippen LogP) is 5.19. The van der Waals surface area contributed by atoms with Gasteiger partial charge in [0.1, 0.15) is 47.6 Å². The van der Waals surface area contributed by atoms with Crippen LogP contribution in [0.5, 0.6) is 23.0 Å². The molecule has 0 bridgehead atoms. The molecule has 2 aromatic carbocycles. The third kappa shape index (κ3) is 6.37. The van der Waals surface area contributed by atoms with E-state index >= 15 is 0 Å². The summed E-state index contributed by atoms with van der Waals surface area (Å²) in [5.74, 6) is 0.778. The van der Waals surface area contributed by atoms with Gasteiger partial charge in [0.05, 0.1) is 37.2 Å². The van der Waals surface area contributed by atoms with Gasteiger partial charge >= 0.3 is 0 Å². The zero-order valence-corrected chi connectivity index (χ0v) is 26.1. The molecule has 0 aliphatic carbocycles. The molecule has 0 saturated carbocycles. The first-order valence-electron chi connectivity index (χ1n) is 15.2. The number of methoxy groups -OCH3 is 1. The van der Waals surface area contributed by atoms with E-state index in [0.717, 1.165) is 24.9 Å². The Kier molecular flexibility index (Phi) is 8.26. The number of fused-ring (bicyclic) bond motifs is 2. The summed E-state index contributed by atoms with van der Waals surface area (Å²) in [6.07, 6.45) is 7.67. The average molecular weight is 641 g/mol. The van der Waals surface area contributed by atoms with Crippen LogP contribution in [-0.2, 0) is 9.53 Å². The first-order chi connectivity index (χ1) is 22.8. The van der Waals surface area contributed by atoms with E-state index < -0.39 is 11.7 Å². The van der Waals surface area contributed by atoms with Crippen LogP contribution in [0.4, 0.5) is 21.6 Å². The number of halogens is 1. The van der Waals surface area contributed by atoms with E-state index in [1.807, 2.05) is 31.0 Å². The second kappa shape index (κ2) is 12.8. The first-order valence-corrected chi connectivity index (χ1v) is 15.2. The number of aromatic nitrogens is 5. The Labute approximate surface area is 269 Å². The van der Waals surface area contributed by atoms with Crippen molar-refractivity contribution < 1.29 is 28.1 Å². The van der Waals surface area contributed by atoms with Crippen molar-refractivity contribution >= 4 is 39.6 Å². The van der Waals surface area contributed by atoms with Crippen LogP contribution in [0.3, 0.4) is 0 Å². The fourth-order valence-corrected chi connectivity index (χ4v) is 5.57. The van der Waals surface area contributed by atoms with Gasteiger partial charge in [-0.2, -0.15) is 5.10 Å². The Morgan fingerprint density at radius 3 is 2.70 bits per heavy atom. The third-order valence-corrected chi connectivity index (χ3v) is 8.25. The zero-order chi connectivity index (χ0) is 32.5. The van der Waals surface area contributed by atoms with E-state index in [4.69, 9.17) is 18.9 Å². The van der Waals surface area contributed by atoms with E-state index in [1.54, 1.807) is 35.0 Å². The van der Waals surface area contributed by atoms with Crippen LogP contribution in [0.15, 0.2) is 67.2 Å². The lowest BCUT2D eigenvalue weighted by Gasteiger charge is -2.28. The largest absolute Gasteiger partial charge is 0.494 e. The summed E-state index contributed by atoms with van der Waals surface area (Å²) in [4.78, 5) is 28.0. The van der Waals surface area contributed by atoms with Gasteiger partial charge in [-0.15, -0.1) is 0 Å². The van der Waals surface area contributed by atoms with Crippen LogP contribution < -0.4 is 24.8 Å². The summed E-state index contributed by atoms with van der Waals surface area (Å²) in [5.41, 5.74) is 2.94. The van der Waals surface area contributed by atoms with Gasteiger partial charge in [0, 0.05) is 35.8 Å². The second-order valence-corrected chi connectivity index (χ2v) is 11.5. The highest BCUT2D eigenvalue weighted by molar-refractivity contribution is 6.05. The highest BCUT2D eigenvalue weighted by Crippen LogP contribution is 2.40. The summed E-state index contributed by atoms with van der Waals surface area (Å²) in [6.45, 7) is 3.72.